The molecule has 3 nitrogen and oxygen atoms in total. The van der Waals surface area contributed by atoms with Crippen LogP contribution in [0, 0.1) is 11.7 Å². The molecule has 0 amide bonds. The molecule has 2 atom stereocenters. The number of nitrogens with one attached hydrogen (secondary N) is 1. The molecule has 0 saturated carbocycles. The van der Waals surface area contributed by atoms with Crippen molar-refractivity contribution in [2.45, 2.75) is 19.4 Å². The van der Waals surface area contributed by atoms with E-state index in [-0.39, 0.29) is 17.6 Å². The van der Waals surface area contributed by atoms with Crippen LogP contribution in [0.5, 0.6) is 5.75 Å². The van der Waals surface area contributed by atoms with Crippen LogP contribution in [-0.2, 0) is 4.74 Å². The standard InChI is InChI=1S/C13H18FNO2/c1-9(15-7-10-4-5-17-8-10)12-3-2-11(16)6-13(12)14/h2-3,6,9-10,15-16H,4-5,7-8H2,1H3. The van der Waals surface area contributed by atoms with Crippen LogP contribution in [-0.4, -0.2) is 24.9 Å². The van der Waals surface area contributed by atoms with Gasteiger partial charge in [-0.25, -0.2) is 4.39 Å². The highest BCUT2D eigenvalue weighted by Gasteiger charge is 2.17. The van der Waals surface area contributed by atoms with Gasteiger partial charge in [-0.2, -0.15) is 0 Å². The molecule has 1 aliphatic heterocycles. The summed E-state index contributed by atoms with van der Waals surface area (Å²) in [6, 6.07) is 4.21. The number of rotatable bonds is 4. The van der Waals surface area contributed by atoms with Crippen molar-refractivity contribution in [2.75, 3.05) is 19.8 Å². The molecule has 2 unspecified atom stereocenters. The zero-order valence-corrected chi connectivity index (χ0v) is 9.95. The minimum atomic E-state index is -0.368. The average Bonchev–Trinajstić information content (AvgIpc) is 2.78. The molecule has 1 saturated heterocycles. The molecule has 1 aromatic carbocycles. The van der Waals surface area contributed by atoms with E-state index in [0.717, 1.165) is 32.2 Å². The number of phenols is 1. The zero-order valence-electron chi connectivity index (χ0n) is 9.95. The number of hydrogen-bond acceptors (Lipinski definition) is 3. The van der Waals surface area contributed by atoms with E-state index in [2.05, 4.69) is 5.32 Å². The highest BCUT2D eigenvalue weighted by molar-refractivity contribution is 5.29. The van der Waals surface area contributed by atoms with Crippen LogP contribution in [0.3, 0.4) is 0 Å². The Morgan fingerprint density at radius 3 is 3.06 bits per heavy atom. The molecule has 2 N–H and O–H groups in total. The number of ether oxygens (including phenoxy) is 1. The summed E-state index contributed by atoms with van der Waals surface area (Å²) in [6.45, 7) is 4.37. The van der Waals surface area contributed by atoms with E-state index in [1.54, 1.807) is 6.07 Å². The van der Waals surface area contributed by atoms with E-state index in [1.165, 1.54) is 6.07 Å². The first kappa shape index (κ1) is 12.3. The lowest BCUT2D eigenvalue weighted by molar-refractivity contribution is 0.184. The summed E-state index contributed by atoms with van der Waals surface area (Å²) in [5, 5.41) is 12.4. The molecule has 1 aromatic rings. The first-order valence-corrected chi connectivity index (χ1v) is 5.96. The lowest BCUT2D eigenvalue weighted by Crippen LogP contribution is -2.26. The second kappa shape index (κ2) is 5.47. The third kappa shape index (κ3) is 3.17. The smallest absolute Gasteiger partial charge is 0.131 e. The molecule has 0 radical (unpaired) electrons. The summed E-state index contributed by atoms with van der Waals surface area (Å²) >= 11 is 0. The van der Waals surface area contributed by atoms with Crippen LogP contribution in [0.1, 0.15) is 24.9 Å². The SMILES string of the molecule is CC(NCC1CCOC1)c1ccc(O)cc1F. The van der Waals surface area contributed by atoms with Crippen molar-refractivity contribution in [3.05, 3.63) is 29.6 Å². The Morgan fingerprint density at radius 1 is 1.59 bits per heavy atom. The normalized spacial score (nSPS) is 21.6. The number of aromatic hydroxyl groups is 1. The average molecular weight is 239 g/mol. The van der Waals surface area contributed by atoms with Crippen LogP contribution < -0.4 is 5.32 Å². The van der Waals surface area contributed by atoms with Crippen molar-refractivity contribution in [1.29, 1.82) is 0 Å². The van der Waals surface area contributed by atoms with Crippen LogP contribution in [0.4, 0.5) is 4.39 Å². The van der Waals surface area contributed by atoms with E-state index in [9.17, 15) is 4.39 Å². The van der Waals surface area contributed by atoms with E-state index < -0.39 is 0 Å². The monoisotopic (exact) mass is 239 g/mol. The van der Waals surface area contributed by atoms with Crippen LogP contribution in [0.2, 0.25) is 0 Å². The summed E-state index contributed by atoms with van der Waals surface area (Å²) in [6.07, 6.45) is 1.07. The third-order valence-corrected chi connectivity index (χ3v) is 3.19. The number of benzene rings is 1. The molecule has 1 fully saturated rings. The Balaban J connectivity index is 1.91. The minimum Gasteiger partial charge on any atom is -0.508 e. The third-order valence-electron chi connectivity index (χ3n) is 3.19. The maximum Gasteiger partial charge on any atom is 0.131 e. The van der Waals surface area contributed by atoms with Gasteiger partial charge in [0, 0.05) is 30.8 Å². The predicted octanol–water partition coefficient (Wildman–Crippen LogP) is 2.22. The minimum absolute atomic E-state index is 0.0392. The Labute approximate surface area is 101 Å². The Kier molecular flexibility index (Phi) is 3.97. The molecule has 94 valence electrons. The number of halogens is 1. The molecule has 1 heterocycles. The molecule has 0 spiro atoms. The molecule has 2 rings (SSSR count). The molecule has 1 aliphatic rings. The summed E-state index contributed by atoms with van der Waals surface area (Å²) in [5.41, 5.74) is 0.585. The second-order valence-corrected chi connectivity index (χ2v) is 4.57. The van der Waals surface area contributed by atoms with Crippen molar-refractivity contribution in [3.63, 3.8) is 0 Å². The molecular formula is C13H18FNO2. The first-order valence-electron chi connectivity index (χ1n) is 5.96. The van der Waals surface area contributed by atoms with Crippen LogP contribution in [0.25, 0.3) is 0 Å². The Morgan fingerprint density at radius 2 is 2.41 bits per heavy atom. The van der Waals surface area contributed by atoms with Gasteiger partial charge in [0.1, 0.15) is 11.6 Å². The fourth-order valence-corrected chi connectivity index (χ4v) is 2.06. The lowest BCUT2D eigenvalue weighted by atomic mass is 10.1. The van der Waals surface area contributed by atoms with Gasteiger partial charge in [0.15, 0.2) is 0 Å². The van der Waals surface area contributed by atoms with Gasteiger partial charge >= 0.3 is 0 Å². The van der Waals surface area contributed by atoms with E-state index >= 15 is 0 Å². The Hall–Kier alpha value is -1.13. The van der Waals surface area contributed by atoms with Gasteiger partial charge in [-0.15, -0.1) is 0 Å². The summed E-state index contributed by atoms with van der Waals surface area (Å²) in [4.78, 5) is 0. The van der Waals surface area contributed by atoms with Gasteiger partial charge in [0.05, 0.1) is 6.61 Å². The predicted molar refractivity (Wildman–Crippen MR) is 63.4 cm³/mol. The van der Waals surface area contributed by atoms with E-state index in [0.29, 0.717) is 11.5 Å². The summed E-state index contributed by atoms with van der Waals surface area (Å²) in [5.74, 6) is 0.118. The van der Waals surface area contributed by atoms with Gasteiger partial charge < -0.3 is 15.2 Å². The highest BCUT2D eigenvalue weighted by Crippen LogP contribution is 2.21. The Bertz CT molecular complexity index is 378. The van der Waals surface area contributed by atoms with Crippen LogP contribution >= 0.6 is 0 Å². The van der Waals surface area contributed by atoms with Crippen molar-refractivity contribution in [3.8, 4) is 5.75 Å². The molecule has 0 aliphatic carbocycles. The second-order valence-electron chi connectivity index (χ2n) is 4.57. The summed E-state index contributed by atoms with van der Waals surface area (Å²) < 4.78 is 18.9. The van der Waals surface area contributed by atoms with Crippen molar-refractivity contribution in [1.82, 2.24) is 5.32 Å². The van der Waals surface area contributed by atoms with Gasteiger partial charge in [-0.1, -0.05) is 6.07 Å². The molecular weight excluding hydrogens is 221 g/mol. The fraction of sp³-hybridized carbons (Fsp3) is 0.538. The fourth-order valence-electron chi connectivity index (χ4n) is 2.06. The lowest BCUT2D eigenvalue weighted by Gasteiger charge is -2.17. The molecule has 17 heavy (non-hydrogen) atoms. The maximum atomic E-state index is 13.6. The maximum absolute atomic E-state index is 13.6. The summed E-state index contributed by atoms with van der Waals surface area (Å²) in [7, 11) is 0. The van der Waals surface area contributed by atoms with Crippen molar-refractivity contribution in [2.24, 2.45) is 5.92 Å². The quantitative estimate of drug-likeness (QED) is 0.846. The molecule has 0 bridgehead atoms. The topological polar surface area (TPSA) is 41.5 Å². The van der Waals surface area contributed by atoms with Gasteiger partial charge in [0.25, 0.3) is 0 Å². The van der Waals surface area contributed by atoms with Gasteiger partial charge in [0.2, 0.25) is 0 Å². The first-order chi connectivity index (χ1) is 8.16. The van der Waals surface area contributed by atoms with Gasteiger partial charge in [-0.05, 0) is 25.3 Å². The number of phenolic OH excluding ortho intramolecular Hbond substituents is 1. The molecule has 4 heteroatoms. The molecule has 0 aromatic heterocycles. The van der Waals surface area contributed by atoms with E-state index in [4.69, 9.17) is 9.84 Å². The largest absolute Gasteiger partial charge is 0.508 e. The van der Waals surface area contributed by atoms with Crippen molar-refractivity contribution < 1.29 is 14.2 Å². The van der Waals surface area contributed by atoms with Crippen molar-refractivity contribution >= 4 is 0 Å². The van der Waals surface area contributed by atoms with Gasteiger partial charge in [-0.3, -0.25) is 0 Å². The van der Waals surface area contributed by atoms with Crippen LogP contribution in [0.15, 0.2) is 18.2 Å². The van der Waals surface area contributed by atoms with E-state index in [1.807, 2.05) is 6.92 Å². The zero-order chi connectivity index (χ0) is 12.3. The number of hydrogen-bond donors (Lipinski definition) is 2. The highest BCUT2D eigenvalue weighted by atomic mass is 19.1.